The molecule has 1 aromatic rings. The summed E-state index contributed by atoms with van der Waals surface area (Å²) >= 11 is 0. The van der Waals surface area contributed by atoms with E-state index in [0.717, 1.165) is 22.9 Å². The Hall–Kier alpha value is -0.720. The van der Waals surface area contributed by atoms with Gasteiger partial charge in [0, 0.05) is 34.6 Å². The van der Waals surface area contributed by atoms with Gasteiger partial charge in [0.05, 0.1) is 5.75 Å². The lowest BCUT2D eigenvalue weighted by atomic mass is 9.95. The first-order chi connectivity index (χ1) is 9.10. The topological polar surface area (TPSA) is 77.2 Å². The van der Waals surface area contributed by atoms with Crippen molar-refractivity contribution in [3.05, 3.63) is 34.4 Å². The van der Waals surface area contributed by atoms with Crippen LogP contribution in [0.2, 0.25) is 0 Å². The lowest BCUT2D eigenvalue weighted by Crippen LogP contribution is -2.23. The second kappa shape index (κ2) is 6.83. The van der Waals surface area contributed by atoms with Gasteiger partial charge < -0.3 is 5.73 Å². The fraction of sp³-hybridized carbons (Fsp3) is 0.571. The van der Waals surface area contributed by atoms with Crippen molar-refractivity contribution < 1.29 is 12.6 Å². The van der Waals surface area contributed by atoms with Gasteiger partial charge in [0.1, 0.15) is 9.84 Å². The second-order valence-electron chi connectivity index (χ2n) is 5.36. The molecule has 1 aromatic carbocycles. The standard InChI is InChI=1S/C14H23NO3S2/c1-10-7-11(2)14(12(3)8-10)13(15)9-19(16)5-6-20(4,17)18/h7-8,13H,5-6,9,15H2,1-4H3. The number of nitrogens with two attached hydrogens (primary N) is 1. The minimum Gasteiger partial charge on any atom is -0.323 e. The molecule has 0 aliphatic heterocycles. The summed E-state index contributed by atoms with van der Waals surface area (Å²) in [6.07, 6.45) is 1.15. The van der Waals surface area contributed by atoms with E-state index in [-0.39, 0.29) is 17.5 Å². The number of aryl methyl sites for hydroxylation is 3. The van der Waals surface area contributed by atoms with Crippen LogP contribution in [0.25, 0.3) is 0 Å². The summed E-state index contributed by atoms with van der Waals surface area (Å²) in [6, 6.07) is 3.79. The summed E-state index contributed by atoms with van der Waals surface area (Å²) in [7, 11) is -4.30. The number of hydrogen-bond acceptors (Lipinski definition) is 4. The van der Waals surface area contributed by atoms with Crippen LogP contribution >= 0.6 is 0 Å². The van der Waals surface area contributed by atoms with Crippen LogP contribution < -0.4 is 5.73 Å². The van der Waals surface area contributed by atoms with Crippen LogP contribution in [0.4, 0.5) is 0 Å². The Kier molecular flexibility index (Phi) is 5.91. The van der Waals surface area contributed by atoms with Gasteiger partial charge in [-0.25, -0.2) is 8.42 Å². The lowest BCUT2D eigenvalue weighted by molar-refractivity contribution is 0.602. The summed E-state index contributed by atoms with van der Waals surface area (Å²) in [5.74, 6) is 0.384. The van der Waals surface area contributed by atoms with Crippen LogP contribution in [0.5, 0.6) is 0 Å². The summed E-state index contributed by atoms with van der Waals surface area (Å²) in [6.45, 7) is 6.02. The number of hydrogen-bond donors (Lipinski definition) is 1. The third kappa shape index (κ3) is 5.34. The summed E-state index contributed by atoms with van der Waals surface area (Å²) in [5.41, 5.74) is 10.5. The van der Waals surface area contributed by atoms with Crippen LogP contribution in [0.3, 0.4) is 0 Å². The molecule has 114 valence electrons. The Labute approximate surface area is 124 Å². The average molecular weight is 317 g/mol. The van der Waals surface area contributed by atoms with E-state index in [1.165, 1.54) is 5.56 Å². The van der Waals surface area contributed by atoms with Crippen molar-refractivity contribution in [3.63, 3.8) is 0 Å². The van der Waals surface area contributed by atoms with Crippen LogP contribution in [-0.2, 0) is 20.6 Å². The van der Waals surface area contributed by atoms with E-state index in [1.807, 2.05) is 20.8 Å². The molecule has 2 N–H and O–H groups in total. The Bertz CT molecular complexity index is 586. The average Bonchev–Trinajstić information content (AvgIpc) is 2.23. The van der Waals surface area contributed by atoms with E-state index in [1.54, 1.807) is 0 Å². The molecule has 6 heteroatoms. The number of rotatable bonds is 6. The third-order valence-electron chi connectivity index (χ3n) is 3.16. The van der Waals surface area contributed by atoms with Gasteiger partial charge in [0.2, 0.25) is 0 Å². The third-order valence-corrected chi connectivity index (χ3v) is 5.75. The second-order valence-corrected chi connectivity index (χ2v) is 9.24. The molecule has 0 aliphatic carbocycles. The van der Waals surface area contributed by atoms with E-state index in [0.29, 0.717) is 5.75 Å². The monoisotopic (exact) mass is 317 g/mol. The summed E-state index contributed by atoms with van der Waals surface area (Å²) in [4.78, 5) is 0. The molecule has 0 radical (unpaired) electrons. The fourth-order valence-electron chi connectivity index (χ4n) is 2.39. The molecule has 4 nitrogen and oxygen atoms in total. The largest absolute Gasteiger partial charge is 0.323 e. The molecule has 0 aromatic heterocycles. The highest BCUT2D eigenvalue weighted by molar-refractivity contribution is 7.92. The zero-order chi connectivity index (χ0) is 15.5. The Balaban J connectivity index is 2.77. The summed E-state index contributed by atoms with van der Waals surface area (Å²) < 4.78 is 34.1. The zero-order valence-electron chi connectivity index (χ0n) is 12.5. The Morgan fingerprint density at radius 1 is 1.20 bits per heavy atom. The van der Waals surface area contributed by atoms with Gasteiger partial charge >= 0.3 is 0 Å². The smallest absolute Gasteiger partial charge is 0.148 e. The van der Waals surface area contributed by atoms with Crippen molar-refractivity contribution in [2.24, 2.45) is 5.73 Å². The molecule has 0 heterocycles. The quantitative estimate of drug-likeness (QED) is 0.860. The highest BCUT2D eigenvalue weighted by Gasteiger charge is 2.16. The molecular formula is C14H23NO3S2. The molecule has 2 unspecified atom stereocenters. The predicted octanol–water partition coefficient (Wildman–Crippen LogP) is 1.40. The maximum atomic E-state index is 11.9. The van der Waals surface area contributed by atoms with Crippen molar-refractivity contribution in [2.45, 2.75) is 26.8 Å². The first kappa shape index (κ1) is 17.3. The van der Waals surface area contributed by atoms with Gasteiger partial charge in [0.15, 0.2) is 0 Å². The van der Waals surface area contributed by atoms with E-state index >= 15 is 0 Å². The van der Waals surface area contributed by atoms with Crippen LogP contribution in [0.1, 0.15) is 28.3 Å². The molecule has 20 heavy (non-hydrogen) atoms. The normalized spacial score (nSPS) is 15.1. The van der Waals surface area contributed by atoms with Gasteiger partial charge in [-0.3, -0.25) is 4.21 Å². The molecule has 0 bridgehead atoms. The maximum absolute atomic E-state index is 11.9. The molecule has 2 atom stereocenters. The zero-order valence-corrected chi connectivity index (χ0v) is 14.1. The molecule has 1 rings (SSSR count). The van der Waals surface area contributed by atoms with Crippen LogP contribution in [-0.4, -0.2) is 36.1 Å². The number of sulfone groups is 1. The first-order valence-corrected chi connectivity index (χ1v) is 10.0. The Morgan fingerprint density at radius 2 is 1.70 bits per heavy atom. The molecule has 0 spiro atoms. The molecular weight excluding hydrogens is 294 g/mol. The Morgan fingerprint density at radius 3 is 2.15 bits per heavy atom. The highest BCUT2D eigenvalue weighted by Crippen LogP contribution is 2.22. The van der Waals surface area contributed by atoms with Gasteiger partial charge in [-0.05, 0) is 37.5 Å². The molecule has 0 amide bonds. The first-order valence-electron chi connectivity index (χ1n) is 6.46. The van der Waals surface area contributed by atoms with Crippen LogP contribution in [0, 0.1) is 20.8 Å². The molecule has 0 aliphatic rings. The molecule has 0 saturated heterocycles. The van der Waals surface area contributed by atoms with Gasteiger partial charge in [-0.2, -0.15) is 0 Å². The molecule has 0 fully saturated rings. The fourth-order valence-corrected chi connectivity index (χ4v) is 5.08. The van der Waals surface area contributed by atoms with Crippen molar-refractivity contribution in [1.82, 2.24) is 0 Å². The minimum atomic E-state index is -3.08. The van der Waals surface area contributed by atoms with E-state index in [2.05, 4.69) is 12.1 Å². The van der Waals surface area contributed by atoms with Crippen molar-refractivity contribution in [1.29, 1.82) is 0 Å². The summed E-state index contributed by atoms with van der Waals surface area (Å²) in [5, 5.41) is 0. The van der Waals surface area contributed by atoms with Gasteiger partial charge in [0.25, 0.3) is 0 Å². The van der Waals surface area contributed by atoms with Gasteiger partial charge in [-0.15, -0.1) is 0 Å². The van der Waals surface area contributed by atoms with E-state index in [4.69, 9.17) is 5.73 Å². The predicted molar refractivity (Wildman–Crippen MR) is 85.2 cm³/mol. The van der Waals surface area contributed by atoms with Gasteiger partial charge in [-0.1, -0.05) is 17.7 Å². The highest BCUT2D eigenvalue weighted by atomic mass is 32.2. The van der Waals surface area contributed by atoms with E-state index < -0.39 is 20.6 Å². The van der Waals surface area contributed by atoms with Crippen LogP contribution in [0.15, 0.2) is 12.1 Å². The van der Waals surface area contributed by atoms with Crippen molar-refractivity contribution in [2.75, 3.05) is 23.5 Å². The molecule has 0 saturated carbocycles. The van der Waals surface area contributed by atoms with Crippen molar-refractivity contribution >= 4 is 20.6 Å². The minimum absolute atomic E-state index is 0.0573. The van der Waals surface area contributed by atoms with E-state index in [9.17, 15) is 12.6 Å². The lowest BCUT2D eigenvalue weighted by Gasteiger charge is -2.18. The maximum Gasteiger partial charge on any atom is 0.148 e. The van der Waals surface area contributed by atoms with Crippen molar-refractivity contribution in [3.8, 4) is 0 Å². The SMILES string of the molecule is Cc1cc(C)c(C(N)CS(=O)CCS(C)(=O)=O)c(C)c1. The number of benzene rings is 1.